The number of halogens is 4. The van der Waals surface area contributed by atoms with E-state index in [4.69, 9.17) is 21.1 Å². The number of alkyl halides is 3. The van der Waals surface area contributed by atoms with Crippen LogP contribution in [0.4, 0.5) is 13.2 Å². The molecule has 2 aromatic rings. The van der Waals surface area contributed by atoms with E-state index in [2.05, 4.69) is 4.72 Å². The Morgan fingerprint density at radius 2 is 1.81 bits per heavy atom. The monoisotopic (exact) mass is 407 g/mol. The lowest BCUT2D eigenvalue weighted by atomic mass is 10.1. The molecule has 0 saturated carbocycles. The van der Waals surface area contributed by atoms with Gasteiger partial charge < -0.3 is 9.47 Å². The number of hydrogen-bond acceptors (Lipinski definition) is 4. The normalized spacial score (nSPS) is 13.8. The molecular weight excluding hydrogens is 395 g/mol. The molecule has 0 bridgehead atoms. The Morgan fingerprint density at radius 3 is 2.54 bits per heavy atom. The predicted molar refractivity (Wildman–Crippen MR) is 87.9 cm³/mol. The van der Waals surface area contributed by atoms with Crippen molar-refractivity contribution in [3.05, 3.63) is 52.5 Å². The van der Waals surface area contributed by atoms with Crippen LogP contribution in [-0.2, 0) is 22.6 Å². The number of rotatable bonds is 5. The summed E-state index contributed by atoms with van der Waals surface area (Å²) in [5, 5.41) is -0.198. The fraction of sp³-hybridized carbons (Fsp3) is 0.250. The molecule has 1 heterocycles. The smallest absolute Gasteiger partial charge is 0.417 e. The highest BCUT2D eigenvalue weighted by Crippen LogP contribution is 2.36. The van der Waals surface area contributed by atoms with Gasteiger partial charge in [0, 0.05) is 11.6 Å². The molecule has 0 unspecified atom stereocenters. The molecule has 0 radical (unpaired) electrons. The molecule has 2 aromatic carbocycles. The first kappa shape index (κ1) is 18.8. The highest BCUT2D eigenvalue weighted by atomic mass is 35.5. The van der Waals surface area contributed by atoms with Crippen molar-refractivity contribution in [2.24, 2.45) is 0 Å². The number of sulfonamides is 1. The second-order valence-corrected chi connectivity index (χ2v) is 7.65. The van der Waals surface area contributed by atoms with Crippen LogP contribution in [0.1, 0.15) is 11.1 Å². The minimum Gasteiger partial charge on any atom is -0.454 e. The summed E-state index contributed by atoms with van der Waals surface area (Å²) < 4.78 is 76.4. The van der Waals surface area contributed by atoms with Gasteiger partial charge in [-0.15, -0.1) is 0 Å². The van der Waals surface area contributed by atoms with Crippen LogP contribution in [0.2, 0.25) is 5.02 Å². The maximum atomic E-state index is 13.1. The molecule has 1 aliphatic heterocycles. The zero-order valence-corrected chi connectivity index (χ0v) is 14.7. The molecule has 0 spiro atoms. The Kier molecular flexibility index (Phi) is 5.05. The molecule has 1 aliphatic rings. The van der Waals surface area contributed by atoms with Gasteiger partial charge in [0.1, 0.15) is 0 Å². The summed E-state index contributed by atoms with van der Waals surface area (Å²) in [6.07, 6.45) is -4.57. The van der Waals surface area contributed by atoms with Gasteiger partial charge in [-0.2, -0.15) is 13.2 Å². The first-order valence-electron chi connectivity index (χ1n) is 7.42. The number of fused-ring (bicyclic) bond motifs is 1. The van der Waals surface area contributed by atoms with E-state index in [-0.39, 0.29) is 24.8 Å². The lowest BCUT2D eigenvalue weighted by Gasteiger charge is -2.14. The van der Waals surface area contributed by atoms with Crippen molar-refractivity contribution in [2.45, 2.75) is 17.5 Å². The van der Waals surface area contributed by atoms with Crippen LogP contribution in [0.25, 0.3) is 0 Å². The van der Waals surface area contributed by atoms with Crippen LogP contribution in [0.5, 0.6) is 11.5 Å². The van der Waals surface area contributed by atoms with Crippen molar-refractivity contribution in [1.82, 2.24) is 4.72 Å². The van der Waals surface area contributed by atoms with E-state index in [1.807, 2.05) is 0 Å². The molecule has 26 heavy (non-hydrogen) atoms. The van der Waals surface area contributed by atoms with Gasteiger partial charge in [0.2, 0.25) is 16.8 Å². The number of benzene rings is 2. The first-order chi connectivity index (χ1) is 12.2. The molecule has 0 amide bonds. The van der Waals surface area contributed by atoms with E-state index in [0.717, 1.165) is 17.7 Å². The van der Waals surface area contributed by atoms with Crippen molar-refractivity contribution in [3.63, 3.8) is 0 Å². The summed E-state index contributed by atoms with van der Waals surface area (Å²) in [5.74, 6) is 1.13. The van der Waals surface area contributed by atoms with E-state index in [0.29, 0.717) is 17.6 Å². The highest BCUT2D eigenvalue weighted by Gasteiger charge is 2.37. The third-order valence-corrected chi connectivity index (χ3v) is 5.43. The molecule has 10 heteroatoms. The summed E-state index contributed by atoms with van der Waals surface area (Å²) >= 11 is 5.57. The fourth-order valence-corrected chi connectivity index (χ4v) is 3.87. The van der Waals surface area contributed by atoms with Gasteiger partial charge in [-0.05, 0) is 42.3 Å². The second kappa shape index (κ2) is 6.98. The van der Waals surface area contributed by atoms with Crippen LogP contribution < -0.4 is 14.2 Å². The van der Waals surface area contributed by atoms with Gasteiger partial charge in [-0.1, -0.05) is 17.7 Å². The summed E-state index contributed by atoms with van der Waals surface area (Å²) in [5.41, 5.74) is -0.551. The van der Waals surface area contributed by atoms with Gasteiger partial charge in [-0.3, -0.25) is 0 Å². The fourth-order valence-electron chi connectivity index (χ4n) is 2.46. The van der Waals surface area contributed by atoms with Crippen LogP contribution in [0.15, 0.2) is 41.3 Å². The minimum absolute atomic E-state index is 0.0814. The maximum absolute atomic E-state index is 13.1. The predicted octanol–water partition coefficient (Wildman–Crippen LogP) is 3.61. The topological polar surface area (TPSA) is 64.6 Å². The molecule has 0 atom stereocenters. The maximum Gasteiger partial charge on any atom is 0.417 e. The minimum atomic E-state index is -4.84. The SMILES string of the molecule is O=S(=O)(NCCc1ccc2c(c1)OCO2)c1ccc(Cl)cc1C(F)(F)F. The lowest BCUT2D eigenvalue weighted by molar-refractivity contribution is -0.139. The molecule has 140 valence electrons. The van der Waals surface area contributed by atoms with E-state index in [9.17, 15) is 21.6 Å². The molecule has 1 N–H and O–H groups in total. The van der Waals surface area contributed by atoms with Gasteiger partial charge in [0.25, 0.3) is 0 Å². The average molecular weight is 408 g/mol. The van der Waals surface area contributed by atoms with Crippen LogP contribution in [0.3, 0.4) is 0 Å². The molecule has 0 fully saturated rings. The van der Waals surface area contributed by atoms with Crippen molar-refractivity contribution < 1.29 is 31.1 Å². The van der Waals surface area contributed by atoms with Crippen molar-refractivity contribution in [1.29, 1.82) is 0 Å². The van der Waals surface area contributed by atoms with Gasteiger partial charge in [0.05, 0.1) is 10.5 Å². The standard InChI is InChI=1S/C16H13ClF3NO4S/c17-11-2-4-15(12(8-11)16(18,19)20)26(22,23)21-6-5-10-1-3-13-14(7-10)25-9-24-13/h1-4,7-8,21H,5-6,9H2. The largest absolute Gasteiger partial charge is 0.454 e. The van der Waals surface area contributed by atoms with Crippen molar-refractivity contribution >= 4 is 21.6 Å². The number of ether oxygens (including phenoxy) is 2. The lowest BCUT2D eigenvalue weighted by Crippen LogP contribution is -2.28. The van der Waals surface area contributed by atoms with E-state index in [1.165, 1.54) is 0 Å². The van der Waals surface area contributed by atoms with Crippen LogP contribution >= 0.6 is 11.6 Å². The number of hydrogen-bond donors (Lipinski definition) is 1. The van der Waals surface area contributed by atoms with E-state index < -0.39 is 26.7 Å². The van der Waals surface area contributed by atoms with E-state index >= 15 is 0 Å². The molecule has 0 aromatic heterocycles. The Morgan fingerprint density at radius 1 is 1.08 bits per heavy atom. The molecule has 0 saturated heterocycles. The summed E-state index contributed by atoms with van der Waals surface area (Å²) in [6.45, 7) is 0.0318. The average Bonchev–Trinajstić information content (AvgIpc) is 3.01. The van der Waals surface area contributed by atoms with Crippen molar-refractivity contribution in [2.75, 3.05) is 13.3 Å². The van der Waals surface area contributed by atoms with E-state index in [1.54, 1.807) is 18.2 Å². The third kappa shape index (κ3) is 4.05. The Hall–Kier alpha value is -1.97. The zero-order valence-electron chi connectivity index (χ0n) is 13.1. The second-order valence-electron chi connectivity index (χ2n) is 5.47. The van der Waals surface area contributed by atoms with Crippen LogP contribution in [-0.4, -0.2) is 21.8 Å². The molecule has 5 nitrogen and oxygen atoms in total. The molecular formula is C16H13ClF3NO4S. The first-order valence-corrected chi connectivity index (χ1v) is 9.28. The quantitative estimate of drug-likeness (QED) is 0.822. The van der Waals surface area contributed by atoms with Crippen LogP contribution in [0, 0.1) is 0 Å². The molecule has 0 aliphatic carbocycles. The van der Waals surface area contributed by atoms with Gasteiger partial charge >= 0.3 is 6.18 Å². The summed E-state index contributed by atoms with van der Waals surface area (Å²) in [6, 6.07) is 7.64. The zero-order chi connectivity index (χ0) is 18.9. The summed E-state index contributed by atoms with van der Waals surface area (Å²) in [4.78, 5) is -0.861. The summed E-state index contributed by atoms with van der Waals surface area (Å²) in [7, 11) is -4.36. The van der Waals surface area contributed by atoms with Gasteiger partial charge in [-0.25, -0.2) is 13.1 Å². The Balaban J connectivity index is 1.74. The Bertz CT molecular complexity index is 932. The van der Waals surface area contributed by atoms with Crippen molar-refractivity contribution in [3.8, 4) is 11.5 Å². The third-order valence-electron chi connectivity index (χ3n) is 3.68. The van der Waals surface area contributed by atoms with Gasteiger partial charge in [0.15, 0.2) is 11.5 Å². The highest BCUT2D eigenvalue weighted by molar-refractivity contribution is 7.89. The Labute approximate surface area is 152 Å². The molecule has 3 rings (SSSR count). The number of nitrogens with one attached hydrogen (secondary N) is 1.